The minimum absolute atomic E-state index is 0.138. The highest BCUT2D eigenvalue weighted by molar-refractivity contribution is 5.94. The number of hydrogen-bond donors (Lipinski definition) is 0. The predicted octanol–water partition coefficient (Wildman–Crippen LogP) is 2.50. The lowest BCUT2D eigenvalue weighted by molar-refractivity contribution is 0.0746. The third kappa shape index (κ3) is 4.11. The zero-order valence-corrected chi connectivity index (χ0v) is 16.9. The number of anilines is 2. The number of halogens is 1. The molecular formula is C21H26FN5O2. The van der Waals surface area contributed by atoms with Crippen LogP contribution in [0.2, 0.25) is 0 Å². The molecule has 0 N–H and O–H groups in total. The molecule has 0 saturated carbocycles. The number of piperazine rings is 1. The van der Waals surface area contributed by atoms with Crippen molar-refractivity contribution in [2.24, 2.45) is 0 Å². The van der Waals surface area contributed by atoms with Crippen molar-refractivity contribution in [2.45, 2.75) is 19.8 Å². The molecule has 1 aromatic carbocycles. The van der Waals surface area contributed by atoms with E-state index in [9.17, 15) is 9.18 Å². The van der Waals surface area contributed by atoms with E-state index in [1.807, 2.05) is 13.0 Å². The second-order valence-corrected chi connectivity index (χ2v) is 7.49. The topological polar surface area (TPSA) is 61.8 Å². The number of carbonyl (C=O) groups excluding carboxylic acids is 1. The molecule has 3 heterocycles. The maximum atomic E-state index is 13.9. The number of methoxy groups -OCH3 is 1. The molecule has 0 radical (unpaired) electrons. The molecule has 8 heteroatoms. The van der Waals surface area contributed by atoms with Crippen molar-refractivity contribution < 1.29 is 13.9 Å². The van der Waals surface area contributed by atoms with Crippen molar-refractivity contribution in [2.75, 3.05) is 56.2 Å². The summed E-state index contributed by atoms with van der Waals surface area (Å²) in [4.78, 5) is 28.3. The molecule has 4 rings (SSSR count). The first kappa shape index (κ1) is 19.4. The van der Waals surface area contributed by atoms with Crippen LogP contribution in [0.4, 0.5) is 16.2 Å². The van der Waals surface area contributed by atoms with E-state index in [-0.39, 0.29) is 11.7 Å². The normalized spacial score (nSPS) is 17.0. The predicted molar refractivity (Wildman–Crippen MR) is 109 cm³/mol. The van der Waals surface area contributed by atoms with E-state index in [1.165, 1.54) is 32.1 Å². The molecule has 2 aliphatic heterocycles. The lowest BCUT2D eigenvalue weighted by Gasteiger charge is -2.35. The number of aromatic nitrogens is 2. The largest absolute Gasteiger partial charge is 0.494 e. The Bertz CT molecular complexity index is 893. The average molecular weight is 399 g/mol. The van der Waals surface area contributed by atoms with E-state index in [2.05, 4.69) is 14.8 Å². The van der Waals surface area contributed by atoms with Crippen LogP contribution in [0, 0.1) is 12.7 Å². The molecule has 2 aromatic rings. The summed E-state index contributed by atoms with van der Waals surface area (Å²) in [5.41, 5.74) is 1.29. The Kier molecular flexibility index (Phi) is 5.51. The molecule has 0 unspecified atom stereocenters. The molecule has 0 atom stereocenters. The third-order valence-electron chi connectivity index (χ3n) is 5.51. The summed E-state index contributed by atoms with van der Waals surface area (Å²) in [5, 5.41) is 0. The smallest absolute Gasteiger partial charge is 0.254 e. The van der Waals surface area contributed by atoms with E-state index in [1.54, 1.807) is 11.0 Å². The van der Waals surface area contributed by atoms with Crippen molar-refractivity contribution in [1.29, 1.82) is 0 Å². The molecule has 1 aromatic heterocycles. The molecule has 154 valence electrons. The Morgan fingerprint density at radius 1 is 1.00 bits per heavy atom. The number of carbonyl (C=O) groups is 1. The molecule has 0 spiro atoms. The third-order valence-corrected chi connectivity index (χ3v) is 5.51. The van der Waals surface area contributed by atoms with Gasteiger partial charge in [-0.25, -0.2) is 9.37 Å². The van der Waals surface area contributed by atoms with Crippen molar-refractivity contribution in [1.82, 2.24) is 14.9 Å². The van der Waals surface area contributed by atoms with E-state index in [4.69, 9.17) is 9.72 Å². The summed E-state index contributed by atoms with van der Waals surface area (Å²) in [6.07, 6.45) is 2.36. The van der Waals surface area contributed by atoms with Crippen molar-refractivity contribution in [3.8, 4) is 5.75 Å². The summed E-state index contributed by atoms with van der Waals surface area (Å²) in [6.45, 7) is 6.49. The van der Waals surface area contributed by atoms with Gasteiger partial charge in [0.05, 0.1) is 7.11 Å². The molecule has 0 aliphatic carbocycles. The van der Waals surface area contributed by atoms with Crippen LogP contribution in [-0.4, -0.2) is 67.2 Å². The van der Waals surface area contributed by atoms with Crippen molar-refractivity contribution >= 4 is 17.7 Å². The highest BCUT2D eigenvalue weighted by Crippen LogP contribution is 2.23. The molecule has 2 fully saturated rings. The van der Waals surface area contributed by atoms with Crippen LogP contribution in [-0.2, 0) is 0 Å². The van der Waals surface area contributed by atoms with Crippen LogP contribution in [0.15, 0.2) is 24.3 Å². The quantitative estimate of drug-likeness (QED) is 0.787. The fraction of sp³-hybridized carbons (Fsp3) is 0.476. The summed E-state index contributed by atoms with van der Waals surface area (Å²) >= 11 is 0. The van der Waals surface area contributed by atoms with Crippen molar-refractivity contribution in [3.63, 3.8) is 0 Å². The zero-order chi connectivity index (χ0) is 20.4. The van der Waals surface area contributed by atoms with Gasteiger partial charge in [-0.2, -0.15) is 4.98 Å². The minimum Gasteiger partial charge on any atom is -0.494 e. The molecule has 29 heavy (non-hydrogen) atoms. The van der Waals surface area contributed by atoms with Crippen LogP contribution in [0.3, 0.4) is 0 Å². The Balaban J connectivity index is 1.43. The number of ether oxygens (including phenoxy) is 1. The van der Waals surface area contributed by atoms with Gasteiger partial charge in [0.15, 0.2) is 11.6 Å². The number of aryl methyl sites for hydroxylation is 1. The zero-order valence-electron chi connectivity index (χ0n) is 16.9. The second kappa shape index (κ2) is 8.23. The highest BCUT2D eigenvalue weighted by Gasteiger charge is 2.25. The van der Waals surface area contributed by atoms with Gasteiger partial charge in [-0.3, -0.25) is 4.79 Å². The van der Waals surface area contributed by atoms with Crippen LogP contribution < -0.4 is 14.5 Å². The van der Waals surface area contributed by atoms with Crippen LogP contribution in [0.5, 0.6) is 5.75 Å². The number of hydrogen-bond acceptors (Lipinski definition) is 6. The maximum Gasteiger partial charge on any atom is 0.254 e. The van der Waals surface area contributed by atoms with Gasteiger partial charge < -0.3 is 19.4 Å². The number of rotatable bonds is 4. The Hall–Kier alpha value is -2.90. The fourth-order valence-electron chi connectivity index (χ4n) is 3.88. The Labute approximate surface area is 170 Å². The van der Waals surface area contributed by atoms with Crippen LogP contribution >= 0.6 is 0 Å². The average Bonchev–Trinajstić information content (AvgIpc) is 3.28. The molecule has 2 aliphatic rings. The van der Waals surface area contributed by atoms with Gasteiger partial charge in [0.1, 0.15) is 5.82 Å². The van der Waals surface area contributed by atoms with Gasteiger partial charge in [0.25, 0.3) is 5.91 Å². The monoisotopic (exact) mass is 399 g/mol. The van der Waals surface area contributed by atoms with Crippen LogP contribution in [0.1, 0.15) is 28.9 Å². The number of amides is 1. The fourth-order valence-corrected chi connectivity index (χ4v) is 3.88. The maximum absolute atomic E-state index is 13.9. The molecule has 2 saturated heterocycles. The van der Waals surface area contributed by atoms with E-state index in [0.717, 1.165) is 30.5 Å². The number of benzene rings is 1. The summed E-state index contributed by atoms with van der Waals surface area (Å²) in [7, 11) is 1.41. The molecule has 1 amide bonds. The van der Waals surface area contributed by atoms with Gasteiger partial charge in [0, 0.05) is 56.6 Å². The van der Waals surface area contributed by atoms with Gasteiger partial charge in [-0.15, -0.1) is 0 Å². The molecule has 7 nitrogen and oxygen atoms in total. The van der Waals surface area contributed by atoms with E-state index >= 15 is 0 Å². The molecule has 0 bridgehead atoms. The lowest BCUT2D eigenvalue weighted by atomic mass is 10.1. The highest BCUT2D eigenvalue weighted by atomic mass is 19.1. The van der Waals surface area contributed by atoms with Crippen molar-refractivity contribution in [3.05, 3.63) is 41.3 Å². The first-order valence-electron chi connectivity index (χ1n) is 10.0. The van der Waals surface area contributed by atoms with E-state index in [0.29, 0.717) is 31.7 Å². The van der Waals surface area contributed by atoms with E-state index < -0.39 is 5.82 Å². The first-order valence-corrected chi connectivity index (χ1v) is 10.0. The van der Waals surface area contributed by atoms with Gasteiger partial charge in [0.2, 0.25) is 5.95 Å². The Morgan fingerprint density at radius 3 is 2.38 bits per heavy atom. The first-order chi connectivity index (χ1) is 14.0. The second-order valence-electron chi connectivity index (χ2n) is 7.49. The number of nitrogens with zero attached hydrogens (tertiary/aromatic N) is 5. The summed E-state index contributed by atoms with van der Waals surface area (Å²) in [5.74, 6) is 1.15. The summed E-state index contributed by atoms with van der Waals surface area (Å²) < 4.78 is 18.9. The minimum atomic E-state index is -0.525. The van der Waals surface area contributed by atoms with Gasteiger partial charge in [-0.05, 0) is 38.0 Å². The van der Waals surface area contributed by atoms with Gasteiger partial charge in [-0.1, -0.05) is 0 Å². The summed E-state index contributed by atoms with van der Waals surface area (Å²) in [6, 6.07) is 6.33. The standard InChI is InChI=1S/C21H26FN5O2/c1-15-13-19(24-21(23-15)27-7-3-4-8-27)25-9-11-26(12-10-25)20(28)16-5-6-18(29-2)17(22)14-16/h5-6,13-14H,3-4,7-12H2,1-2H3. The lowest BCUT2D eigenvalue weighted by Crippen LogP contribution is -2.49. The SMILES string of the molecule is COc1ccc(C(=O)N2CCN(c3cc(C)nc(N4CCCC4)n3)CC2)cc1F. The van der Waals surface area contributed by atoms with Crippen LogP contribution in [0.25, 0.3) is 0 Å². The Morgan fingerprint density at radius 2 is 1.72 bits per heavy atom. The molecular weight excluding hydrogens is 373 g/mol. The van der Waals surface area contributed by atoms with Gasteiger partial charge >= 0.3 is 0 Å².